The van der Waals surface area contributed by atoms with E-state index in [-0.39, 0.29) is 11.6 Å². The second-order valence-electron chi connectivity index (χ2n) is 6.24. The molecule has 5 N–H and O–H groups in total. The van der Waals surface area contributed by atoms with Gasteiger partial charge in [-0.15, -0.1) is 0 Å². The monoisotopic (exact) mass is 279 g/mol. The van der Waals surface area contributed by atoms with Gasteiger partial charge in [-0.3, -0.25) is 16.0 Å². The number of nitrogen functional groups attached to an aromatic ring is 1. The van der Waals surface area contributed by atoms with Gasteiger partial charge in [0, 0.05) is 19.2 Å². The molecule has 0 amide bonds. The van der Waals surface area contributed by atoms with E-state index in [0.717, 1.165) is 25.0 Å². The van der Waals surface area contributed by atoms with Crippen LogP contribution in [0, 0.1) is 5.92 Å². The first-order valence-corrected chi connectivity index (χ1v) is 7.53. The molecule has 2 fully saturated rings. The van der Waals surface area contributed by atoms with Gasteiger partial charge in [0.15, 0.2) is 0 Å². The van der Waals surface area contributed by atoms with E-state index in [1.165, 1.54) is 25.7 Å². The van der Waals surface area contributed by atoms with Crippen LogP contribution in [0.5, 0.6) is 0 Å². The second-order valence-corrected chi connectivity index (χ2v) is 6.24. The highest BCUT2D eigenvalue weighted by molar-refractivity contribution is 5.41. The molecule has 1 saturated carbocycles. The summed E-state index contributed by atoms with van der Waals surface area (Å²) < 4.78 is 7.80. The maximum atomic E-state index is 6.10. The Labute approximate surface area is 119 Å². The third-order valence-corrected chi connectivity index (χ3v) is 5.05. The number of nitrogens with two attached hydrogens (primary N) is 2. The number of nitrogens with one attached hydrogen (secondary N) is 1. The molecule has 2 unspecified atom stereocenters. The lowest BCUT2D eigenvalue weighted by Crippen LogP contribution is -2.43. The van der Waals surface area contributed by atoms with E-state index in [0.29, 0.717) is 11.7 Å². The van der Waals surface area contributed by atoms with Crippen molar-refractivity contribution in [2.45, 2.75) is 50.2 Å². The quantitative estimate of drug-likeness (QED) is 0.572. The van der Waals surface area contributed by atoms with Crippen LogP contribution in [-0.4, -0.2) is 22.0 Å². The summed E-state index contributed by atoms with van der Waals surface area (Å²) in [4.78, 5) is 0. The number of aromatic nitrogens is 2. The van der Waals surface area contributed by atoms with E-state index in [1.807, 2.05) is 13.2 Å². The molecule has 20 heavy (non-hydrogen) atoms. The molecule has 1 aliphatic heterocycles. The summed E-state index contributed by atoms with van der Waals surface area (Å²) in [5.74, 6) is 6.97. The van der Waals surface area contributed by atoms with Crippen molar-refractivity contribution in [3.63, 3.8) is 0 Å². The number of rotatable bonds is 3. The van der Waals surface area contributed by atoms with Crippen LogP contribution >= 0.6 is 0 Å². The van der Waals surface area contributed by atoms with Crippen LogP contribution in [0.2, 0.25) is 0 Å². The maximum Gasteiger partial charge on any atom is 0.126 e. The molecule has 2 heterocycles. The standard InChI is InChI=1S/C14H25N5O/c1-19-13(15)11(9-17-19)12(18-16)10-4-7-20-14(8-10)5-2-3-6-14/h9-10,12,18H,2-8,15-16H2,1H3. The first-order valence-electron chi connectivity index (χ1n) is 7.53. The summed E-state index contributed by atoms with van der Waals surface area (Å²) in [7, 11) is 1.86. The minimum atomic E-state index is 0.0603. The maximum absolute atomic E-state index is 6.10. The Morgan fingerprint density at radius 1 is 1.50 bits per heavy atom. The molecular formula is C14H25N5O. The molecule has 1 aliphatic carbocycles. The van der Waals surface area contributed by atoms with Gasteiger partial charge in [-0.25, -0.2) is 0 Å². The highest BCUT2D eigenvalue weighted by atomic mass is 16.5. The average Bonchev–Trinajstić information content (AvgIpc) is 3.02. The number of anilines is 1. The highest BCUT2D eigenvalue weighted by Crippen LogP contribution is 2.45. The first-order chi connectivity index (χ1) is 9.65. The fourth-order valence-electron chi connectivity index (χ4n) is 3.90. The lowest BCUT2D eigenvalue weighted by Gasteiger charge is -2.41. The van der Waals surface area contributed by atoms with Crippen molar-refractivity contribution in [3.8, 4) is 0 Å². The zero-order valence-corrected chi connectivity index (χ0v) is 12.1. The number of hydrogen-bond donors (Lipinski definition) is 3. The molecule has 2 atom stereocenters. The van der Waals surface area contributed by atoms with Gasteiger partial charge < -0.3 is 10.5 Å². The van der Waals surface area contributed by atoms with Crippen molar-refractivity contribution in [2.75, 3.05) is 12.3 Å². The number of hydrogen-bond acceptors (Lipinski definition) is 5. The van der Waals surface area contributed by atoms with Crippen LogP contribution in [0.3, 0.4) is 0 Å². The third-order valence-electron chi connectivity index (χ3n) is 5.05. The average molecular weight is 279 g/mol. The minimum Gasteiger partial charge on any atom is -0.384 e. The SMILES string of the molecule is Cn1ncc(C(NN)C2CCOC3(CCCC3)C2)c1N. The van der Waals surface area contributed by atoms with Crippen molar-refractivity contribution >= 4 is 5.82 Å². The Morgan fingerprint density at radius 3 is 2.85 bits per heavy atom. The molecule has 6 heteroatoms. The van der Waals surface area contributed by atoms with E-state index >= 15 is 0 Å². The van der Waals surface area contributed by atoms with E-state index < -0.39 is 0 Å². The van der Waals surface area contributed by atoms with Crippen molar-refractivity contribution in [3.05, 3.63) is 11.8 Å². The molecule has 1 saturated heterocycles. The Bertz CT molecular complexity index is 466. The van der Waals surface area contributed by atoms with Crippen LogP contribution in [0.4, 0.5) is 5.82 Å². The summed E-state index contributed by atoms with van der Waals surface area (Å²) in [5.41, 5.74) is 10.2. The van der Waals surface area contributed by atoms with Crippen LogP contribution in [0.1, 0.15) is 50.1 Å². The molecular weight excluding hydrogens is 254 g/mol. The van der Waals surface area contributed by atoms with Crippen molar-refractivity contribution in [1.29, 1.82) is 0 Å². The largest absolute Gasteiger partial charge is 0.384 e. The molecule has 1 spiro atoms. The summed E-state index contributed by atoms with van der Waals surface area (Å²) in [6.45, 7) is 0.822. The predicted molar refractivity (Wildman–Crippen MR) is 77.6 cm³/mol. The second kappa shape index (κ2) is 5.35. The van der Waals surface area contributed by atoms with Crippen LogP contribution in [0.25, 0.3) is 0 Å². The van der Waals surface area contributed by atoms with E-state index in [4.69, 9.17) is 16.3 Å². The summed E-state index contributed by atoms with van der Waals surface area (Å²) in [5, 5.41) is 4.23. The predicted octanol–water partition coefficient (Wildman–Crippen LogP) is 1.25. The number of nitrogens with zero attached hydrogens (tertiary/aromatic N) is 2. The molecule has 0 aromatic carbocycles. The Morgan fingerprint density at radius 2 is 2.25 bits per heavy atom. The van der Waals surface area contributed by atoms with Crippen LogP contribution < -0.4 is 17.0 Å². The molecule has 2 aliphatic rings. The van der Waals surface area contributed by atoms with Gasteiger partial charge >= 0.3 is 0 Å². The zero-order valence-electron chi connectivity index (χ0n) is 12.1. The Kier molecular flexibility index (Phi) is 3.70. The molecule has 0 bridgehead atoms. The zero-order chi connectivity index (χ0) is 14.2. The smallest absolute Gasteiger partial charge is 0.126 e. The van der Waals surface area contributed by atoms with E-state index in [9.17, 15) is 0 Å². The summed E-state index contributed by atoms with van der Waals surface area (Å²) in [6, 6.07) is 0.0603. The highest BCUT2D eigenvalue weighted by Gasteiger charge is 2.42. The molecule has 1 aromatic rings. The van der Waals surface area contributed by atoms with Gasteiger partial charge in [-0.1, -0.05) is 12.8 Å². The van der Waals surface area contributed by atoms with Crippen LogP contribution in [-0.2, 0) is 11.8 Å². The van der Waals surface area contributed by atoms with E-state index in [2.05, 4.69) is 10.5 Å². The Hall–Kier alpha value is -1.11. The normalized spacial score (nSPS) is 27.0. The minimum absolute atomic E-state index is 0.0603. The molecule has 3 rings (SSSR count). The summed E-state index contributed by atoms with van der Waals surface area (Å²) in [6.07, 6.45) is 8.84. The molecule has 0 radical (unpaired) electrons. The summed E-state index contributed by atoms with van der Waals surface area (Å²) >= 11 is 0. The van der Waals surface area contributed by atoms with Gasteiger partial charge in [0.05, 0.1) is 17.8 Å². The van der Waals surface area contributed by atoms with Crippen molar-refractivity contribution in [1.82, 2.24) is 15.2 Å². The topological polar surface area (TPSA) is 91.1 Å². The fourth-order valence-corrected chi connectivity index (χ4v) is 3.90. The number of aryl methyl sites for hydroxylation is 1. The first kappa shape index (κ1) is 13.9. The number of ether oxygens (including phenoxy) is 1. The third kappa shape index (κ3) is 2.32. The van der Waals surface area contributed by atoms with Gasteiger partial charge in [-0.2, -0.15) is 5.10 Å². The van der Waals surface area contributed by atoms with Gasteiger partial charge in [0.2, 0.25) is 0 Å². The van der Waals surface area contributed by atoms with Crippen LogP contribution in [0.15, 0.2) is 6.20 Å². The lowest BCUT2D eigenvalue weighted by molar-refractivity contribution is -0.0982. The van der Waals surface area contributed by atoms with E-state index in [1.54, 1.807) is 4.68 Å². The van der Waals surface area contributed by atoms with Gasteiger partial charge in [0.1, 0.15) is 5.82 Å². The molecule has 6 nitrogen and oxygen atoms in total. The molecule has 1 aromatic heterocycles. The van der Waals surface area contributed by atoms with Gasteiger partial charge in [-0.05, 0) is 31.6 Å². The van der Waals surface area contributed by atoms with Gasteiger partial charge in [0.25, 0.3) is 0 Å². The Balaban J connectivity index is 1.80. The van der Waals surface area contributed by atoms with Crippen molar-refractivity contribution < 1.29 is 4.74 Å². The van der Waals surface area contributed by atoms with Crippen molar-refractivity contribution in [2.24, 2.45) is 18.8 Å². The fraction of sp³-hybridized carbons (Fsp3) is 0.786. The molecule has 112 valence electrons. The lowest BCUT2D eigenvalue weighted by atomic mass is 9.79. The number of hydrazine groups is 1.